The van der Waals surface area contributed by atoms with Gasteiger partial charge in [-0.2, -0.15) is 0 Å². The van der Waals surface area contributed by atoms with Crippen LogP contribution in [0.4, 0.5) is 0 Å². The lowest BCUT2D eigenvalue weighted by Crippen LogP contribution is -2.51. The average molecular weight is 262 g/mol. The van der Waals surface area contributed by atoms with Gasteiger partial charge in [-0.25, -0.2) is 0 Å². The monoisotopic (exact) mass is 262 g/mol. The molecule has 0 bridgehead atoms. The fourth-order valence-corrected chi connectivity index (χ4v) is 4.89. The predicted octanol–water partition coefficient (Wildman–Crippen LogP) is 1.94. The molecule has 92 valence electrons. The van der Waals surface area contributed by atoms with Gasteiger partial charge in [-0.05, 0) is 0 Å². The van der Waals surface area contributed by atoms with E-state index in [0.717, 1.165) is 15.6 Å². The van der Waals surface area contributed by atoms with E-state index < -0.39 is 8.73 Å². The highest BCUT2D eigenvalue weighted by Gasteiger charge is 2.17. The van der Waals surface area contributed by atoms with Crippen molar-refractivity contribution < 1.29 is 0 Å². The molecule has 3 aromatic rings. The molecule has 0 saturated carbocycles. The summed E-state index contributed by atoms with van der Waals surface area (Å²) in [5.41, 5.74) is 0. The Hall–Kier alpha value is -2.12. The van der Waals surface area contributed by atoms with Crippen molar-refractivity contribution in [1.29, 1.82) is 1.23 Å². The normalized spacial score (nSPS) is 11.9. The van der Waals surface area contributed by atoms with Gasteiger partial charge in [0.15, 0.2) is 0 Å². The van der Waals surface area contributed by atoms with E-state index in [9.17, 15) is 1.23 Å². The van der Waals surface area contributed by atoms with Crippen LogP contribution in [0.2, 0.25) is 0 Å². The van der Waals surface area contributed by atoms with Gasteiger partial charge in [0.1, 0.15) is 8.73 Å². The minimum atomic E-state index is -2.63. The van der Waals surface area contributed by atoms with E-state index in [1.54, 1.807) is 0 Å². The van der Waals surface area contributed by atoms with Crippen LogP contribution in [-0.2, 0) is 0 Å². The van der Waals surface area contributed by atoms with Gasteiger partial charge >= 0.3 is 0 Å². The van der Waals surface area contributed by atoms with Crippen molar-refractivity contribution in [3.05, 3.63) is 91.0 Å². The molecule has 0 aliphatic rings. The summed E-state index contributed by atoms with van der Waals surface area (Å²) >= 11 is 0. The summed E-state index contributed by atoms with van der Waals surface area (Å²) in [7, 11) is -2.63. The van der Waals surface area contributed by atoms with Gasteiger partial charge in [-0.1, -0.05) is 107 Å². The van der Waals surface area contributed by atoms with Crippen LogP contribution in [0.3, 0.4) is 0 Å². The molecule has 0 N–H and O–H groups in total. The maximum Gasteiger partial charge on any atom is 0.132 e. The summed E-state index contributed by atoms with van der Waals surface area (Å²) in [6.07, 6.45) is 0. The van der Waals surface area contributed by atoms with Gasteiger partial charge < -0.3 is 0 Å². The minimum absolute atomic E-state index is 1.12. The van der Waals surface area contributed by atoms with Crippen molar-refractivity contribution in [3.8, 4) is 0 Å². The van der Waals surface area contributed by atoms with Crippen LogP contribution in [0.25, 0.3) is 0 Å². The van der Waals surface area contributed by atoms with Crippen molar-refractivity contribution in [2.45, 2.75) is 0 Å². The van der Waals surface area contributed by atoms with Crippen LogP contribution in [0, 0.1) is 0 Å². The maximum absolute atomic E-state index is 9.28. The standard InChI is InChI=1S/C18H16Si/c1-4-10-16(11-5-1)19(17-12-6-2-7-13-17)18-14-8-3-9-15-18/h1-15,19H/i19T. The molecule has 0 aromatic heterocycles. The van der Waals surface area contributed by atoms with E-state index in [1.807, 2.05) is 54.6 Å². The first-order valence-electron chi connectivity index (χ1n) is 6.98. The lowest BCUT2D eigenvalue weighted by Gasteiger charge is -2.16. The van der Waals surface area contributed by atoms with E-state index in [-0.39, 0.29) is 0 Å². The third-order valence-corrected chi connectivity index (χ3v) is 5.92. The fraction of sp³-hybridized carbons (Fsp3) is 0. The van der Waals surface area contributed by atoms with Crippen LogP contribution in [0.1, 0.15) is 0 Å². The van der Waals surface area contributed by atoms with Gasteiger partial charge in [0, 0.05) is 1.23 Å². The third kappa shape index (κ3) is 2.66. The van der Waals surface area contributed by atoms with Crippen LogP contribution < -0.4 is 15.6 Å². The Kier molecular flexibility index (Phi) is 3.22. The zero-order valence-electron chi connectivity index (χ0n) is 11.7. The van der Waals surface area contributed by atoms with Gasteiger partial charge in [0.25, 0.3) is 0 Å². The molecule has 19 heavy (non-hydrogen) atoms. The Labute approximate surface area is 117 Å². The first-order chi connectivity index (χ1) is 9.82. The summed E-state index contributed by atoms with van der Waals surface area (Å²) < 4.78 is 9.28. The maximum atomic E-state index is 9.28. The highest BCUT2D eigenvalue weighted by Crippen LogP contribution is 1.95. The highest BCUT2D eigenvalue weighted by atomic mass is 28.3. The highest BCUT2D eigenvalue weighted by molar-refractivity contribution is 6.95. The second-order valence-corrected chi connectivity index (χ2v) is 6.96. The summed E-state index contributed by atoms with van der Waals surface area (Å²) in [5, 5.41) is 3.37. The van der Waals surface area contributed by atoms with Gasteiger partial charge in [0.05, 0.1) is 0 Å². The molecule has 0 spiro atoms. The van der Waals surface area contributed by atoms with E-state index >= 15 is 0 Å². The van der Waals surface area contributed by atoms with E-state index in [0.29, 0.717) is 0 Å². The largest absolute Gasteiger partial charge is 0.132 e. The Morgan fingerprint density at radius 2 is 0.737 bits per heavy atom. The number of hydrogen-bond acceptors (Lipinski definition) is 0. The molecule has 0 aliphatic carbocycles. The van der Waals surface area contributed by atoms with Crippen molar-refractivity contribution >= 4 is 24.3 Å². The van der Waals surface area contributed by atoms with Crippen LogP contribution >= 0.6 is 0 Å². The molecule has 0 unspecified atom stereocenters. The van der Waals surface area contributed by atoms with Gasteiger partial charge in [-0.15, -0.1) is 0 Å². The van der Waals surface area contributed by atoms with Gasteiger partial charge in [-0.3, -0.25) is 0 Å². The molecular formula is C18H16Si. The molecular weight excluding hydrogens is 244 g/mol. The van der Waals surface area contributed by atoms with E-state index in [4.69, 9.17) is 0 Å². The molecule has 0 radical (unpaired) electrons. The number of hydrogen-bond donors (Lipinski definition) is 0. The predicted molar refractivity (Wildman–Crippen MR) is 85.4 cm³/mol. The zero-order valence-corrected chi connectivity index (χ0v) is 11.7. The van der Waals surface area contributed by atoms with Crippen LogP contribution in [0.5, 0.6) is 0 Å². The van der Waals surface area contributed by atoms with Crippen molar-refractivity contribution in [2.75, 3.05) is 0 Å². The molecule has 0 heterocycles. The Morgan fingerprint density at radius 1 is 0.474 bits per heavy atom. The molecule has 0 saturated heterocycles. The minimum Gasteiger partial charge on any atom is -0.0625 e. The Bertz CT molecular complexity index is 569. The number of rotatable bonds is 3. The summed E-state index contributed by atoms with van der Waals surface area (Å²) in [5.74, 6) is 0. The zero-order chi connectivity index (χ0) is 13.8. The molecule has 0 atom stereocenters. The van der Waals surface area contributed by atoms with E-state index in [1.165, 1.54) is 0 Å². The topological polar surface area (TPSA) is 0 Å². The first-order valence-corrected chi connectivity index (χ1v) is 7.98. The molecule has 0 nitrogen and oxygen atoms in total. The van der Waals surface area contributed by atoms with Crippen molar-refractivity contribution in [1.82, 2.24) is 0 Å². The van der Waals surface area contributed by atoms with Crippen LogP contribution in [-0.4, -0.2) is 9.96 Å². The molecule has 3 rings (SSSR count). The smallest absolute Gasteiger partial charge is 0.0625 e. The molecule has 3 aromatic carbocycles. The Balaban J connectivity index is 2.24. The van der Waals surface area contributed by atoms with Crippen molar-refractivity contribution in [2.24, 2.45) is 0 Å². The Morgan fingerprint density at radius 3 is 1.00 bits per heavy atom. The molecule has 1 heteroatoms. The summed E-state index contributed by atoms with van der Waals surface area (Å²) in [6.45, 7) is 0. The first kappa shape index (κ1) is 10.8. The molecule has 0 fully saturated rings. The summed E-state index contributed by atoms with van der Waals surface area (Å²) in [4.78, 5) is 0. The van der Waals surface area contributed by atoms with E-state index in [2.05, 4.69) is 36.4 Å². The van der Waals surface area contributed by atoms with Gasteiger partial charge in [0.2, 0.25) is 0 Å². The second kappa shape index (κ2) is 5.68. The van der Waals surface area contributed by atoms with Crippen molar-refractivity contribution in [3.63, 3.8) is 0 Å². The third-order valence-electron chi connectivity index (χ3n) is 3.19. The lowest BCUT2D eigenvalue weighted by atomic mass is 10.3. The lowest BCUT2D eigenvalue weighted by molar-refractivity contribution is 1.71. The molecule has 0 aliphatic heterocycles. The fourth-order valence-electron chi connectivity index (χ4n) is 2.31. The average Bonchev–Trinajstić information content (AvgIpc) is 2.56. The SMILES string of the molecule is [3H][Si](c1ccccc1)(c1ccccc1)c1ccccc1. The second-order valence-electron chi connectivity index (χ2n) is 4.47. The van der Waals surface area contributed by atoms with Crippen LogP contribution in [0.15, 0.2) is 91.0 Å². The number of benzene rings is 3. The quantitative estimate of drug-likeness (QED) is 0.500. The summed E-state index contributed by atoms with van der Waals surface area (Å²) in [6, 6.07) is 30.7. The molecule has 0 amide bonds.